The van der Waals surface area contributed by atoms with Crippen LogP contribution in [0.5, 0.6) is 11.5 Å². The van der Waals surface area contributed by atoms with Gasteiger partial charge in [-0.3, -0.25) is 0 Å². The number of rotatable bonds is 8. The van der Waals surface area contributed by atoms with Gasteiger partial charge in [0.2, 0.25) is 0 Å². The molecule has 0 aliphatic rings. The quantitative estimate of drug-likeness (QED) is 0.546. The number of hydrogen-bond acceptors (Lipinski definition) is 3. The van der Waals surface area contributed by atoms with Gasteiger partial charge in [-0.05, 0) is 42.7 Å². The first kappa shape index (κ1) is 19.9. The minimum Gasteiger partial charge on any atom is -0.493 e. The molecule has 5 nitrogen and oxygen atoms in total. The lowest BCUT2D eigenvalue weighted by atomic mass is 10.1. The molecule has 0 amide bonds. The van der Waals surface area contributed by atoms with Gasteiger partial charge in [0, 0.05) is 18.1 Å². The van der Waals surface area contributed by atoms with Crippen molar-refractivity contribution < 1.29 is 9.47 Å². The Labute approximate surface area is 160 Å². The van der Waals surface area contributed by atoms with Gasteiger partial charge in [0.05, 0.1) is 20.8 Å². The number of benzene rings is 2. The molecule has 0 saturated heterocycles. The van der Waals surface area contributed by atoms with Crippen molar-refractivity contribution >= 4 is 17.6 Å². The summed E-state index contributed by atoms with van der Waals surface area (Å²) >= 11 is 6.20. The molecule has 0 fully saturated rings. The third kappa shape index (κ3) is 5.85. The minimum absolute atomic E-state index is 0.543. The molecule has 6 heteroatoms. The molecule has 140 valence electrons. The van der Waals surface area contributed by atoms with Gasteiger partial charge in [0.15, 0.2) is 17.5 Å². The fourth-order valence-corrected chi connectivity index (χ4v) is 2.74. The Morgan fingerprint density at radius 1 is 1.04 bits per heavy atom. The molecule has 0 radical (unpaired) electrons. The van der Waals surface area contributed by atoms with Crippen LogP contribution >= 0.6 is 11.6 Å². The maximum atomic E-state index is 6.20. The highest BCUT2D eigenvalue weighted by Crippen LogP contribution is 2.27. The maximum absolute atomic E-state index is 6.20. The van der Waals surface area contributed by atoms with Crippen molar-refractivity contribution in [1.29, 1.82) is 0 Å². The van der Waals surface area contributed by atoms with Crippen molar-refractivity contribution in [3.05, 3.63) is 58.6 Å². The van der Waals surface area contributed by atoms with Gasteiger partial charge in [0.25, 0.3) is 0 Å². The topological polar surface area (TPSA) is 54.9 Å². The molecule has 0 spiro atoms. The van der Waals surface area contributed by atoms with E-state index in [2.05, 4.69) is 15.6 Å². The van der Waals surface area contributed by atoms with E-state index in [0.717, 1.165) is 41.6 Å². The molecular weight excluding hydrogens is 350 g/mol. The van der Waals surface area contributed by atoms with Crippen LogP contribution in [0.3, 0.4) is 0 Å². The number of guanidine groups is 1. The highest BCUT2D eigenvalue weighted by Gasteiger charge is 2.05. The predicted molar refractivity (Wildman–Crippen MR) is 108 cm³/mol. The van der Waals surface area contributed by atoms with E-state index in [1.54, 1.807) is 14.2 Å². The predicted octanol–water partition coefficient (Wildman–Crippen LogP) is 3.66. The fourth-order valence-electron chi connectivity index (χ4n) is 2.51. The smallest absolute Gasteiger partial charge is 0.191 e. The van der Waals surface area contributed by atoms with E-state index in [1.165, 1.54) is 0 Å². The standard InChI is InChI=1S/C20H26ClN3O2/c1-4-22-20(23-12-11-16-7-5-6-8-17(16)21)24-14-15-9-10-18(25-2)19(13-15)26-3/h5-10,13H,4,11-12,14H2,1-3H3,(H2,22,23,24). The largest absolute Gasteiger partial charge is 0.493 e. The summed E-state index contributed by atoms with van der Waals surface area (Å²) in [6.45, 7) is 4.13. The molecule has 0 bridgehead atoms. The van der Waals surface area contributed by atoms with Gasteiger partial charge in [0.1, 0.15) is 0 Å². The molecule has 0 saturated carbocycles. The number of nitrogens with one attached hydrogen (secondary N) is 2. The second kappa shape index (κ2) is 10.6. The molecule has 0 atom stereocenters. The third-order valence-corrected chi connectivity index (χ3v) is 4.23. The maximum Gasteiger partial charge on any atom is 0.191 e. The summed E-state index contributed by atoms with van der Waals surface area (Å²) in [5.74, 6) is 2.19. The molecule has 0 aliphatic carbocycles. The molecule has 2 aromatic carbocycles. The molecule has 2 N–H and O–H groups in total. The number of aliphatic imine (C=N–C) groups is 1. The lowest BCUT2D eigenvalue weighted by Gasteiger charge is -2.12. The van der Waals surface area contributed by atoms with Crippen LogP contribution < -0.4 is 20.1 Å². The first-order chi connectivity index (χ1) is 12.7. The van der Waals surface area contributed by atoms with Crippen molar-refractivity contribution in [1.82, 2.24) is 10.6 Å². The zero-order valence-electron chi connectivity index (χ0n) is 15.5. The number of nitrogens with zero attached hydrogens (tertiary/aromatic N) is 1. The van der Waals surface area contributed by atoms with Crippen molar-refractivity contribution in [3.8, 4) is 11.5 Å². The molecule has 26 heavy (non-hydrogen) atoms. The zero-order valence-corrected chi connectivity index (χ0v) is 16.3. The summed E-state index contributed by atoms with van der Waals surface area (Å²) in [4.78, 5) is 4.63. The van der Waals surface area contributed by atoms with Gasteiger partial charge in [-0.2, -0.15) is 0 Å². The van der Waals surface area contributed by atoms with E-state index >= 15 is 0 Å². The molecule has 0 aromatic heterocycles. The van der Waals surface area contributed by atoms with Crippen LogP contribution in [0.15, 0.2) is 47.5 Å². The van der Waals surface area contributed by atoms with E-state index in [1.807, 2.05) is 49.4 Å². The average molecular weight is 376 g/mol. The van der Waals surface area contributed by atoms with E-state index in [9.17, 15) is 0 Å². The lowest BCUT2D eigenvalue weighted by Crippen LogP contribution is -2.38. The third-order valence-electron chi connectivity index (χ3n) is 3.86. The van der Waals surface area contributed by atoms with Crippen LogP contribution in [-0.4, -0.2) is 33.3 Å². The van der Waals surface area contributed by atoms with Crippen LogP contribution in [0.1, 0.15) is 18.1 Å². The van der Waals surface area contributed by atoms with Gasteiger partial charge >= 0.3 is 0 Å². The normalized spacial score (nSPS) is 11.2. The minimum atomic E-state index is 0.543. The Morgan fingerprint density at radius 3 is 2.50 bits per heavy atom. The Kier molecular flexibility index (Phi) is 8.09. The summed E-state index contributed by atoms with van der Waals surface area (Å²) in [7, 11) is 3.26. The van der Waals surface area contributed by atoms with Crippen molar-refractivity contribution in [2.45, 2.75) is 19.9 Å². The summed E-state index contributed by atoms with van der Waals surface area (Å²) in [6, 6.07) is 13.7. The zero-order chi connectivity index (χ0) is 18.8. The number of hydrogen-bond donors (Lipinski definition) is 2. The second-order valence-corrected chi connectivity index (χ2v) is 6.06. The van der Waals surface area contributed by atoms with E-state index < -0.39 is 0 Å². The van der Waals surface area contributed by atoms with Crippen LogP contribution in [0.4, 0.5) is 0 Å². The van der Waals surface area contributed by atoms with Crippen molar-refractivity contribution in [3.63, 3.8) is 0 Å². The van der Waals surface area contributed by atoms with Gasteiger partial charge in [-0.15, -0.1) is 0 Å². The van der Waals surface area contributed by atoms with E-state index in [-0.39, 0.29) is 0 Å². The Hall–Kier alpha value is -2.40. The van der Waals surface area contributed by atoms with E-state index in [4.69, 9.17) is 21.1 Å². The van der Waals surface area contributed by atoms with Crippen LogP contribution in [0, 0.1) is 0 Å². The summed E-state index contributed by atoms with van der Waals surface area (Å²) in [5.41, 5.74) is 2.17. The monoisotopic (exact) mass is 375 g/mol. The first-order valence-electron chi connectivity index (χ1n) is 8.64. The van der Waals surface area contributed by atoms with Crippen molar-refractivity contribution in [2.24, 2.45) is 4.99 Å². The molecule has 2 aromatic rings. The Bertz CT molecular complexity index is 735. The molecular formula is C20H26ClN3O2. The number of methoxy groups -OCH3 is 2. The molecule has 0 aliphatic heterocycles. The Balaban J connectivity index is 1.96. The molecule has 2 rings (SSSR count). The highest BCUT2D eigenvalue weighted by molar-refractivity contribution is 6.31. The highest BCUT2D eigenvalue weighted by atomic mass is 35.5. The number of halogens is 1. The summed E-state index contributed by atoms with van der Waals surface area (Å²) in [5, 5.41) is 7.39. The van der Waals surface area contributed by atoms with Gasteiger partial charge < -0.3 is 20.1 Å². The van der Waals surface area contributed by atoms with Gasteiger partial charge in [-0.1, -0.05) is 35.9 Å². The van der Waals surface area contributed by atoms with E-state index in [0.29, 0.717) is 18.0 Å². The van der Waals surface area contributed by atoms with Crippen LogP contribution in [0.2, 0.25) is 5.02 Å². The molecule has 0 unspecified atom stereocenters. The van der Waals surface area contributed by atoms with Crippen LogP contribution in [0.25, 0.3) is 0 Å². The molecule has 0 heterocycles. The van der Waals surface area contributed by atoms with Crippen LogP contribution in [-0.2, 0) is 13.0 Å². The second-order valence-electron chi connectivity index (χ2n) is 5.65. The van der Waals surface area contributed by atoms with Crippen molar-refractivity contribution in [2.75, 3.05) is 27.3 Å². The summed E-state index contributed by atoms with van der Waals surface area (Å²) < 4.78 is 10.6. The number of ether oxygens (including phenoxy) is 2. The average Bonchev–Trinajstić information content (AvgIpc) is 2.67. The first-order valence-corrected chi connectivity index (χ1v) is 9.02. The summed E-state index contributed by atoms with van der Waals surface area (Å²) in [6.07, 6.45) is 0.834. The lowest BCUT2D eigenvalue weighted by molar-refractivity contribution is 0.354. The fraction of sp³-hybridized carbons (Fsp3) is 0.350. The Morgan fingerprint density at radius 2 is 1.81 bits per heavy atom. The SMILES string of the molecule is CCNC(=NCc1ccc(OC)c(OC)c1)NCCc1ccccc1Cl. The van der Waals surface area contributed by atoms with Gasteiger partial charge in [-0.25, -0.2) is 4.99 Å².